The molecule has 0 aliphatic rings. The molecule has 0 amide bonds. The number of pyridine rings is 1. The van der Waals surface area contributed by atoms with Gasteiger partial charge in [0.05, 0.1) is 11.7 Å². The van der Waals surface area contributed by atoms with Gasteiger partial charge in [-0.25, -0.2) is 0 Å². The summed E-state index contributed by atoms with van der Waals surface area (Å²) >= 11 is 0. The van der Waals surface area contributed by atoms with Gasteiger partial charge in [0.2, 0.25) is 0 Å². The highest BCUT2D eigenvalue weighted by Gasteiger charge is 2.13. The topological polar surface area (TPSA) is 50.9 Å². The van der Waals surface area contributed by atoms with Crippen LogP contribution in [0.4, 0.5) is 0 Å². The largest absolute Gasteiger partial charge is 0.271 e. The Balaban J connectivity index is 2.17. The van der Waals surface area contributed by atoms with Crippen LogP contribution in [0.25, 0.3) is 0 Å². The number of rotatable bonds is 5. The molecule has 0 radical (unpaired) electrons. The number of hydrazine groups is 1. The molecule has 0 aliphatic heterocycles. The summed E-state index contributed by atoms with van der Waals surface area (Å²) in [6.07, 6.45) is 3.73. The van der Waals surface area contributed by atoms with E-state index < -0.39 is 0 Å². The van der Waals surface area contributed by atoms with Crippen molar-refractivity contribution in [1.29, 1.82) is 0 Å². The van der Waals surface area contributed by atoms with Crippen molar-refractivity contribution in [3.8, 4) is 0 Å². The van der Waals surface area contributed by atoms with Gasteiger partial charge in [-0.3, -0.25) is 16.3 Å². The molecule has 0 fully saturated rings. The van der Waals surface area contributed by atoms with Crippen molar-refractivity contribution in [3.05, 3.63) is 65.0 Å². The molecular formula is C16H21N3. The zero-order chi connectivity index (χ0) is 13.7. The first-order chi connectivity index (χ1) is 9.24. The van der Waals surface area contributed by atoms with Crippen LogP contribution in [0.15, 0.2) is 42.6 Å². The number of aromatic nitrogens is 1. The van der Waals surface area contributed by atoms with E-state index in [1.165, 1.54) is 11.1 Å². The normalized spacial score (nSPS) is 12.4. The Morgan fingerprint density at radius 1 is 1.16 bits per heavy atom. The zero-order valence-corrected chi connectivity index (χ0v) is 11.6. The lowest BCUT2D eigenvalue weighted by Gasteiger charge is -2.17. The van der Waals surface area contributed by atoms with Gasteiger partial charge in [0.1, 0.15) is 0 Å². The summed E-state index contributed by atoms with van der Waals surface area (Å²) in [5.74, 6) is 5.69. The first kappa shape index (κ1) is 13.7. The van der Waals surface area contributed by atoms with Gasteiger partial charge in [0.15, 0.2) is 0 Å². The second-order valence-electron chi connectivity index (χ2n) is 4.80. The number of hydrogen-bond acceptors (Lipinski definition) is 3. The Morgan fingerprint density at radius 2 is 1.84 bits per heavy atom. The number of hydrogen-bond donors (Lipinski definition) is 2. The Labute approximate surface area is 114 Å². The van der Waals surface area contributed by atoms with Gasteiger partial charge in [-0.1, -0.05) is 37.3 Å². The highest BCUT2D eigenvalue weighted by atomic mass is 15.2. The third-order valence-electron chi connectivity index (χ3n) is 3.45. The molecule has 100 valence electrons. The minimum Gasteiger partial charge on any atom is -0.271 e. The van der Waals surface area contributed by atoms with E-state index in [0.717, 1.165) is 24.1 Å². The van der Waals surface area contributed by atoms with Crippen LogP contribution in [0.3, 0.4) is 0 Å². The van der Waals surface area contributed by atoms with E-state index in [1.807, 2.05) is 12.3 Å². The lowest BCUT2D eigenvalue weighted by Crippen LogP contribution is -2.30. The molecule has 0 saturated carbocycles. The molecule has 3 nitrogen and oxygen atoms in total. The molecule has 0 saturated heterocycles. The summed E-state index contributed by atoms with van der Waals surface area (Å²) in [6.45, 7) is 4.23. The SMILES string of the molecule is CCc1ccc(CC(NN)c2ncccc2C)cc1. The average molecular weight is 255 g/mol. The molecule has 2 aromatic rings. The van der Waals surface area contributed by atoms with Crippen LogP contribution < -0.4 is 11.3 Å². The highest BCUT2D eigenvalue weighted by molar-refractivity contribution is 5.27. The first-order valence-electron chi connectivity index (χ1n) is 6.70. The Morgan fingerprint density at radius 3 is 2.42 bits per heavy atom. The lowest BCUT2D eigenvalue weighted by molar-refractivity contribution is 0.535. The van der Waals surface area contributed by atoms with Gasteiger partial charge >= 0.3 is 0 Å². The molecule has 1 atom stereocenters. The summed E-state index contributed by atoms with van der Waals surface area (Å²) in [7, 11) is 0. The summed E-state index contributed by atoms with van der Waals surface area (Å²) in [5.41, 5.74) is 7.68. The quantitative estimate of drug-likeness (QED) is 0.638. The average Bonchev–Trinajstić information content (AvgIpc) is 2.46. The number of nitrogens with two attached hydrogens (primary N) is 1. The Bertz CT molecular complexity index is 520. The first-order valence-corrected chi connectivity index (χ1v) is 6.70. The molecule has 1 aromatic carbocycles. The summed E-state index contributed by atoms with van der Waals surface area (Å²) in [4.78, 5) is 4.44. The maximum Gasteiger partial charge on any atom is 0.0675 e. The fourth-order valence-corrected chi connectivity index (χ4v) is 2.24. The third-order valence-corrected chi connectivity index (χ3v) is 3.45. The van der Waals surface area contributed by atoms with Gasteiger partial charge in [0, 0.05) is 6.20 Å². The number of nitrogens with one attached hydrogen (secondary N) is 1. The molecule has 0 bridgehead atoms. The van der Waals surface area contributed by atoms with Crippen molar-refractivity contribution < 1.29 is 0 Å². The maximum atomic E-state index is 5.69. The molecule has 1 unspecified atom stereocenters. The maximum absolute atomic E-state index is 5.69. The van der Waals surface area contributed by atoms with Crippen LogP contribution >= 0.6 is 0 Å². The molecule has 0 aliphatic carbocycles. The van der Waals surface area contributed by atoms with E-state index in [4.69, 9.17) is 5.84 Å². The monoisotopic (exact) mass is 255 g/mol. The van der Waals surface area contributed by atoms with Crippen molar-refractivity contribution in [2.75, 3.05) is 0 Å². The van der Waals surface area contributed by atoms with E-state index in [0.29, 0.717) is 0 Å². The fraction of sp³-hybridized carbons (Fsp3) is 0.312. The number of benzene rings is 1. The van der Waals surface area contributed by atoms with E-state index in [1.54, 1.807) is 0 Å². The zero-order valence-electron chi connectivity index (χ0n) is 11.6. The molecular weight excluding hydrogens is 234 g/mol. The summed E-state index contributed by atoms with van der Waals surface area (Å²) in [5, 5.41) is 0. The summed E-state index contributed by atoms with van der Waals surface area (Å²) in [6, 6.07) is 12.7. The molecule has 1 aromatic heterocycles. The van der Waals surface area contributed by atoms with Crippen molar-refractivity contribution in [2.24, 2.45) is 5.84 Å². The molecule has 0 spiro atoms. The second-order valence-corrected chi connectivity index (χ2v) is 4.80. The molecule has 3 heteroatoms. The highest BCUT2D eigenvalue weighted by Crippen LogP contribution is 2.19. The van der Waals surface area contributed by atoms with Crippen molar-refractivity contribution >= 4 is 0 Å². The molecule has 1 heterocycles. The molecule has 2 rings (SSSR count). The van der Waals surface area contributed by atoms with E-state index >= 15 is 0 Å². The minimum atomic E-state index is 0.0497. The number of nitrogens with zero attached hydrogens (tertiary/aromatic N) is 1. The number of aryl methyl sites for hydroxylation is 2. The van der Waals surface area contributed by atoms with E-state index in [9.17, 15) is 0 Å². The predicted molar refractivity (Wildman–Crippen MR) is 78.6 cm³/mol. The minimum absolute atomic E-state index is 0.0497. The summed E-state index contributed by atoms with van der Waals surface area (Å²) < 4.78 is 0. The van der Waals surface area contributed by atoms with Crippen LogP contribution in [0.1, 0.15) is 35.3 Å². The van der Waals surface area contributed by atoms with Gasteiger partial charge in [-0.15, -0.1) is 0 Å². The van der Waals surface area contributed by atoms with Gasteiger partial charge < -0.3 is 0 Å². The van der Waals surface area contributed by atoms with E-state index in [-0.39, 0.29) is 6.04 Å². The van der Waals surface area contributed by atoms with Gasteiger partial charge in [0.25, 0.3) is 0 Å². The van der Waals surface area contributed by atoms with Crippen LogP contribution in [0, 0.1) is 6.92 Å². The molecule has 19 heavy (non-hydrogen) atoms. The van der Waals surface area contributed by atoms with Crippen LogP contribution in [0.2, 0.25) is 0 Å². The van der Waals surface area contributed by atoms with Crippen molar-refractivity contribution in [1.82, 2.24) is 10.4 Å². The predicted octanol–water partition coefficient (Wildman–Crippen LogP) is 2.70. The molecule has 3 N–H and O–H groups in total. The van der Waals surface area contributed by atoms with Gasteiger partial charge in [-0.05, 0) is 42.5 Å². The Kier molecular flexibility index (Phi) is 4.66. The Hall–Kier alpha value is -1.71. The van der Waals surface area contributed by atoms with Crippen LogP contribution in [-0.4, -0.2) is 4.98 Å². The van der Waals surface area contributed by atoms with E-state index in [2.05, 4.69) is 54.6 Å². The second kappa shape index (κ2) is 6.45. The lowest BCUT2D eigenvalue weighted by atomic mass is 9.99. The van der Waals surface area contributed by atoms with Crippen LogP contribution in [-0.2, 0) is 12.8 Å². The third kappa shape index (κ3) is 3.40. The van der Waals surface area contributed by atoms with Crippen molar-refractivity contribution in [2.45, 2.75) is 32.7 Å². The van der Waals surface area contributed by atoms with Crippen LogP contribution in [0.5, 0.6) is 0 Å². The smallest absolute Gasteiger partial charge is 0.0675 e. The van der Waals surface area contributed by atoms with Gasteiger partial charge in [-0.2, -0.15) is 0 Å². The standard InChI is InChI=1S/C16H21N3/c1-3-13-6-8-14(9-7-13)11-15(19-17)16-12(2)5-4-10-18-16/h4-10,15,19H,3,11,17H2,1-2H3. The van der Waals surface area contributed by atoms with Crippen molar-refractivity contribution in [3.63, 3.8) is 0 Å². The fourth-order valence-electron chi connectivity index (χ4n) is 2.24.